The minimum atomic E-state index is -0.609. The molecule has 1 aliphatic rings. The fourth-order valence-corrected chi connectivity index (χ4v) is 3.37. The molecule has 7 nitrogen and oxygen atoms in total. The summed E-state index contributed by atoms with van der Waals surface area (Å²) in [6.07, 6.45) is 4.71. The number of aromatic nitrogens is 4. The molecule has 1 amide bonds. The van der Waals surface area contributed by atoms with Crippen molar-refractivity contribution in [2.75, 3.05) is 18.0 Å². The summed E-state index contributed by atoms with van der Waals surface area (Å²) < 4.78 is 15.8. The van der Waals surface area contributed by atoms with E-state index in [-0.39, 0.29) is 22.9 Å². The van der Waals surface area contributed by atoms with Gasteiger partial charge in [0, 0.05) is 19.3 Å². The van der Waals surface area contributed by atoms with Crippen LogP contribution in [0.3, 0.4) is 0 Å². The van der Waals surface area contributed by atoms with Crippen molar-refractivity contribution >= 4 is 29.0 Å². The van der Waals surface area contributed by atoms with Gasteiger partial charge in [-0.05, 0) is 37.6 Å². The summed E-state index contributed by atoms with van der Waals surface area (Å²) in [5.41, 5.74) is 1.10. The van der Waals surface area contributed by atoms with Gasteiger partial charge in [0.05, 0.1) is 29.5 Å². The molecule has 3 aromatic rings. The highest BCUT2D eigenvalue weighted by molar-refractivity contribution is 6.28. The van der Waals surface area contributed by atoms with Crippen LogP contribution in [0.25, 0.3) is 5.65 Å². The van der Waals surface area contributed by atoms with Crippen molar-refractivity contribution in [3.05, 3.63) is 53.6 Å². The second-order valence-electron chi connectivity index (χ2n) is 7.10. The zero-order valence-corrected chi connectivity index (χ0v) is 15.6. The van der Waals surface area contributed by atoms with Crippen molar-refractivity contribution in [2.24, 2.45) is 5.92 Å². The van der Waals surface area contributed by atoms with Crippen LogP contribution >= 0.6 is 11.6 Å². The first-order chi connectivity index (χ1) is 12.8. The normalized spacial score (nSPS) is 15.0. The summed E-state index contributed by atoms with van der Waals surface area (Å²) in [5.74, 6) is -0.774. The van der Waals surface area contributed by atoms with Crippen LogP contribution in [-0.4, -0.2) is 38.3 Å². The Morgan fingerprint density at radius 1 is 1.30 bits per heavy atom. The zero-order chi connectivity index (χ0) is 19.2. The molecule has 4 rings (SSSR count). The predicted octanol–water partition coefficient (Wildman–Crippen LogP) is 2.40. The fourth-order valence-electron chi connectivity index (χ4n) is 3.25. The van der Waals surface area contributed by atoms with Crippen LogP contribution < -0.4 is 10.2 Å². The van der Waals surface area contributed by atoms with Gasteiger partial charge in [-0.2, -0.15) is 4.98 Å². The molecule has 0 atom stereocenters. The number of rotatable bonds is 4. The molecular formula is C18H18ClFN6O. The van der Waals surface area contributed by atoms with Crippen molar-refractivity contribution in [3.63, 3.8) is 0 Å². The molecule has 1 fully saturated rings. The van der Waals surface area contributed by atoms with E-state index < -0.39 is 11.4 Å². The number of nitrogens with zero attached hydrogens (tertiary/aromatic N) is 5. The lowest BCUT2D eigenvalue weighted by atomic mass is 9.95. The number of pyridine rings is 1. The molecule has 0 radical (unpaired) electrons. The second-order valence-corrected chi connectivity index (χ2v) is 7.44. The topological polar surface area (TPSA) is 75.4 Å². The van der Waals surface area contributed by atoms with Gasteiger partial charge in [0.25, 0.3) is 0 Å². The number of amides is 1. The quantitative estimate of drug-likeness (QED) is 0.695. The highest BCUT2D eigenvalue weighted by Crippen LogP contribution is 2.28. The Morgan fingerprint density at radius 2 is 2.07 bits per heavy atom. The number of hydrogen-bond acceptors (Lipinski definition) is 5. The first kappa shape index (κ1) is 17.7. The number of hydrogen-bond donors (Lipinski definition) is 1. The number of nitrogens with one attached hydrogen (secondary N) is 1. The largest absolute Gasteiger partial charge is 0.352 e. The summed E-state index contributed by atoms with van der Waals surface area (Å²) >= 11 is 5.73. The van der Waals surface area contributed by atoms with E-state index in [1.807, 2.05) is 42.6 Å². The van der Waals surface area contributed by atoms with Gasteiger partial charge in [0.1, 0.15) is 5.65 Å². The summed E-state index contributed by atoms with van der Waals surface area (Å²) in [6.45, 7) is 4.61. The summed E-state index contributed by atoms with van der Waals surface area (Å²) in [7, 11) is 0. The predicted molar refractivity (Wildman–Crippen MR) is 99.1 cm³/mol. The molecule has 0 aliphatic carbocycles. The van der Waals surface area contributed by atoms with Gasteiger partial charge in [-0.3, -0.25) is 4.79 Å². The lowest BCUT2D eigenvalue weighted by molar-refractivity contribution is -0.127. The first-order valence-corrected chi connectivity index (χ1v) is 8.90. The Hall–Kier alpha value is -2.74. The summed E-state index contributed by atoms with van der Waals surface area (Å²) in [6, 6.07) is 5.74. The van der Waals surface area contributed by atoms with Crippen LogP contribution in [0.15, 0.2) is 36.8 Å². The van der Waals surface area contributed by atoms with E-state index in [4.69, 9.17) is 11.6 Å². The van der Waals surface area contributed by atoms with E-state index in [9.17, 15) is 9.18 Å². The Morgan fingerprint density at radius 3 is 2.85 bits per heavy atom. The van der Waals surface area contributed by atoms with Gasteiger partial charge in [-0.1, -0.05) is 6.07 Å². The Bertz CT molecular complexity index is 1010. The van der Waals surface area contributed by atoms with Gasteiger partial charge >= 0.3 is 0 Å². The fraction of sp³-hybridized carbons (Fsp3) is 0.333. The minimum absolute atomic E-state index is 0.0203. The average Bonchev–Trinajstić information content (AvgIpc) is 3.01. The third kappa shape index (κ3) is 3.21. The van der Waals surface area contributed by atoms with Crippen LogP contribution in [0, 0.1) is 11.7 Å². The monoisotopic (exact) mass is 388 g/mol. The molecule has 0 bridgehead atoms. The molecule has 0 spiro atoms. The molecule has 1 saturated heterocycles. The molecule has 27 heavy (non-hydrogen) atoms. The van der Waals surface area contributed by atoms with E-state index in [1.54, 1.807) is 11.1 Å². The maximum atomic E-state index is 13.8. The molecule has 1 N–H and O–H groups in total. The standard InChI is InChI=1S/C18H18ClFN6O/c1-18(2,13-8-21-14-5-3-4-6-26(13)14)24-16(27)11-9-25(10-11)15-12(20)7-22-17(19)23-15/h3-8,11H,9-10H2,1-2H3,(H,24,27). The Kier molecular flexibility index (Phi) is 4.22. The van der Waals surface area contributed by atoms with E-state index in [0.29, 0.717) is 13.1 Å². The Labute approximate surface area is 160 Å². The summed E-state index contributed by atoms with van der Waals surface area (Å²) in [5, 5.41) is 3.05. The average molecular weight is 389 g/mol. The van der Waals surface area contributed by atoms with E-state index in [1.165, 1.54) is 0 Å². The third-order valence-electron chi connectivity index (χ3n) is 4.74. The highest BCUT2D eigenvalue weighted by Gasteiger charge is 2.38. The lowest BCUT2D eigenvalue weighted by Gasteiger charge is -2.40. The van der Waals surface area contributed by atoms with Crippen LogP contribution in [0.5, 0.6) is 0 Å². The lowest BCUT2D eigenvalue weighted by Crippen LogP contribution is -2.57. The SMILES string of the molecule is CC(C)(NC(=O)C1CN(c2nc(Cl)ncc2F)C1)c1cnc2ccccn12. The molecule has 0 saturated carbocycles. The van der Waals surface area contributed by atoms with Crippen molar-refractivity contribution in [1.29, 1.82) is 0 Å². The molecular weight excluding hydrogens is 371 g/mol. The number of fused-ring (bicyclic) bond motifs is 1. The Balaban J connectivity index is 1.45. The van der Waals surface area contributed by atoms with Gasteiger partial charge in [-0.25, -0.2) is 14.4 Å². The maximum absolute atomic E-state index is 13.8. The van der Waals surface area contributed by atoms with Crippen LogP contribution in [0.1, 0.15) is 19.5 Å². The number of carbonyl (C=O) groups is 1. The maximum Gasteiger partial charge on any atom is 0.227 e. The van der Waals surface area contributed by atoms with Gasteiger partial charge < -0.3 is 14.6 Å². The van der Waals surface area contributed by atoms with Gasteiger partial charge in [0.2, 0.25) is 11.2 Å². The van der Waals surface area contributed by atoms with Crippen molar-refractivity contribution in [3.8, 4) is 0 Å². The van der Waals surface area contributed by atoms with Gasteiger partial charge in [0.15, 0.2) is 11.6 Å². The van der Waals surface area contributed by atoms with Crippen molar-refractivity contribution < 1.29 is 9.18 Å². The third-order valence-corrected chi connectivity index (χ3v) is 4.92. The molecule has 140 valence electrons. The smallest absolute Gasteiger partial charge is 0.227 e. The number of anilines is 1. The van der Waals surface area contributed by atoms with Crippen molar-refractivity contribution in [2.45, 2.75) is 19.4 Å². The number of halogens is 2. The molecule has 3 aromatic heterocycles. The van der Waals surface area contributed by atoms with Crippen molar-refractivity contribution in [1.82, 2.24) is 24.7 Å². The van der Waals surface area contributed by atoms with E-state index in [0.717, 1.165) is 17.5 Å². The second kappa shape index (κ2) is 6.45. The van der Waals surface area contributed by atoms with E-state index >= 15 is 0 Å². The van der Waals surface area contributed by atoms with Crippen LogP contribution in [0.2, 0.25) is 5.28 Å². The molecule has 0 unspecified atom stereocenters. The summed E-state index contributed by atoms with van der Waals surface area (Å²) in [4.78, 5) is 26.2. The minimum Gasteiger partial charge on any atom is -0.352 e. The first-order valence-electron chi connectivity index (χ1n) is 8.53. The molecule has 0 aromatic carbocycles. The van der Waals surface area contributed by atoms with Crippen LogP contribution in [-0.2, 0) is 10.3 Å². The number of imidazole rings is 1. The number of carbonyl (C=O) groups excluding carboxylic acids is 1. The highest BCUT2D eigenvalue weighted by atomic mass is 35.5. The molecule has 4 heterocycles. The van der Waals surface area contributed by atoms with Gasteiger partial charge in [-0.15, -0.1) is 0 Å². The zero-order valence-electron chi connectivity index (χ0n) is 14.9. The van der Waals surface area contributed by atoms with E-state index in [2.05, 4.69) is 20.3 Å². The van der Waals surface area contributed by atoms with Crippen LogP contribution in [0.4, 0.5) is 10.2 Å². The molecule has 9 heteroatoms. The molecule has 1 aliphatic heterocycles.